The number of hydrogen-bond donors (Lipinski definition) is 2. The summed E-state index contributed by atoms with van der Waals surface area (Å²) in [6.07, 6.45) is 1.68. The number of nitrogens with zero attached hydrogens (tertiary/aromatic N) is 2. The third-order valence-electron chi connectivity index (χ3n) is 4.36. The fourth-order valence-corrected chi connectivity index (χ4v) is 3.11. The van der Waals surface area contributed by atoms with Gasteiger partial charge >= 0.3 is 0 Å². The fourth-order valence-electron chi connectivity index (χ4n) is 3.11. The number of nitrogens with one attached hydrogen (secondary N) is 1. The molecule has 26 heavy (non-hydrogen) atoms. The zero-order chi connectivity index (χ0) is 18.1. The molecule has 0 aliphatic carbocycles. The standard InChI is InChI=1S/C21H20N4O/c1-14-11-15-12-18(24-17-4-7-19(26-2)8-5-17)6-9-20(15)25(14)21-10-3-16(22)13-23-21/h3-13,24H,22H2,1-2H3. The van der Waals surface area contributed by atoms with Crippen molar-refractivity contribution in [2.24, 2.45) is 0 Å². The van der Waals surface area contributed by atoms with E-state index in [4.69, 9.17) is 10.5 Å². The minimum absolute atomic E-state index is 0.661. The lowest BCUT2D eigenvalue weighted by Crippen LogP contribution is -2.00. The summed E-state index contributed by atoms with van der Waals surface area (Å²) >= 11 is 0. The van der Waals surface area contributed by atoms with E-state index in [0.717, 1.165) is 39.5 Å². The van der Waals surface area contributed by atoms with Crippen LogP contribution in [0.4, 0.5) is 17.1 Å². The number of anilines is 3. The molecule has 4 aromatic rings. The van der Waals surface area contributed by atoms with Crippen LogP contribution >= 0.6 is 0 Å². The highest BCUT2D eigenvalue weighted by Crippen LogP contribution is 2.28. The highest BCUT2D eigenvalue weighted by Gasteiger charge is 2.09. The van der Waals surface area contributed by atoms with Crippen LogP contribution in [0.2, 0.25) is 0 Å². The molecule has 0 aliphatic heterocycles. The highest BCUT2D eigenvalue weighted by molar-refractivity contribution is 5.87. The Labute approximate surface area is 152 Å². The maximum atomic E-state index is 5.75. The van der Waals surface area contributed by atoms with Crippen molar-refractivity contribution in [1.29, 1.82) is 0 Å². The number of rotatable bonds is 4. The number of nitrogen functional groups attached to an aromatic ring is 1. The van der Waals surface area contributed by atoms with Crippen LogP contribution in [-0.4, -0.2) is 16.7 Å². The van der Waals surface area contributed by atoms with Crippen LogP contribution in [0.3, 0.4) is 0 Å². The molecule has 5 heteroatoms. The number of nitrogens with two attached hydrogens (primary N) is 1. The largest absolute Gasteiger partial charge is 0.497 e. The van der Waals surface area contributed by atoms with E-state index in [0.29, 0.717) is 5.69 Å². The lowest BCUT2D eigenvalue weighted by molar-refractivity contribution is 0.415. The summed E-state index contributed by atoms with van der Waals surface area (Å²) in [6, 6.07) is 20.1. The van der Waals surface area contributed by atoms with Crippen molar-refractivity contribution in [2.45, 2.75) is 6.92 Å². The number of hydrogen-bond acceptors (Lipinski definition) is 4. The quantitative estimate of drug-likeness (QED) is 0.565. The number of fused-ring (bicyclic) bond motifs is 1. The van der Waals surface area contributed by atoms with E-state index in [1.54, 1.807) is 13.3 Å². The fraction of sp³-hybridized carbons (Fsp3) is 0.0952. The van der Waals surface area contributed by atoms with Gasteiger partial charge in [-0.3, -0.25) is 4.57 Å². The lowest BCUT2D eigenvalue weighted by atomic mass is 10.2. The molecule has 0 saturated carbocycles. The van der Waals surface area contributed by atoms with Gasteiger partial charge in [-0.25, -0.2) is 4.98 Å². The van der Waals surface area contributed by atoms with Crippen LogP contribution in [0.15, 0.2) is 66.9 Å². The molecule has 0 fully saturated rings. The summed E-state index contributed by atoms with van der Waals surface area (Å²) in [5.74, 6) is 1.71. The summed E-state index contributed by atoms with van der Waals surface area (Å²) < 4.78 is 7.33. The summed E-state index contributed by atoms with van der Waals surface area (Å²) in [7, 11) is 1.67. The van der Waals surface area contributed by atoms with Crippen molar-refractivity contribution in [3.63, 3.8) is 0 Å². The van der Waals surface area contributed by atoms with Crippen molar-refractivity contribution in [1.82, 2.24) is 9.55 Å². The average Bonchev–Trinajstić information content (AvgIpc) is 2.98. The van der Waals surface area contributed by atoms with Crippen LogP contribution in [0.1, 0.15) is 5.69 Å². The summed E-state index contributed by atoms with van der Waals surface area (Å²) in [5.41, 5.74) is 10.7. The first kappa shape index (κ1) is 16.0. The van der Waals surface area contributed by atoms with Gasteiger partial charge in [0.2, 0.25) is 0 Å². The average molecular weight is 344 g/mol. The molecule has 0 spiro atoms. The molecule has 0 unspecified atom stereocenters. The Hall–Kier alpha value is -3.47. The van der Waals surface area contributed by atoms with Crippen molar-refractivity contribution in [3.8, 4) is 11.6 Å². The third kappa shape index (κ3) is 2.95. The Morgan fingerprint density at radius 2 is 1.73 bits per heavy atom. The first-order valence-corrected chi connectivity index (χ1v) is 8.39. The Kier molecular flexibility index (Phi) is 3.97. The summed E-state index contributed by atoms with van der Waals surface area (Å²) in [4.78, 5) is 4.45. The molecule has 0 bridgehead atoms. The number of methoxy groups -OCH3 is 1. The molecule has 130 valence electrons. The monoisotopic (exact) mass is 344 g/mol. The van der Waals surface area contributed by atoms with Crippen LogP contribution < -0.4 is 15.8 Å². The first-order valence-electron chi connectivity index (χ1n) is 8.39. The molecular weight excluding hydrogens is 324 g/mol. The van der Waals surface area contributed by atoms with E-state index < -0.39 is 0 Å². The van der Waals surface area contributed by atoms with Crippen molar-refractivity contribution in [3.05, 3.63) is 72.6 Å². The number of benzene rings is 2. The molecule has 2 aromatic carbocycles. The van der Waals surface area contributed by atoms with E-state index in [2.05, 4.69) is 46.1 Å². The molecule has 0 atom stereocenters. The van der Waals surface area contributed by atoms with Crippen LogP contribution in [-0.2, 0) is 0 Å². The molecule has 0 aliphatic rings. The second kappa shape index (κ2) is 6.44. The Morgan fingerprint density at radius 1 is 0.962 bits per heavy atom. The van der Waals surface area contributed by atoms with E-state index in [9.17, 15) is 0 Å². The van der Waals surface area contributed by atoms with Gasteiger partial charge in [0.25, 0.3) is 0 Å². The second-order valence-corrected chi connectivity index (χ2v) is 6.20. The molecule has 0 amide bonds. The summed E-state index contributed by atoms with van der Waals surface area (Å²) in [5, 5.41) is 4.58. The number of pyridine rings is 1. The maximum Gasteiger partial charge on any atom is 0.137 e. The van der Waals surface area contributed by atoms with Crippen molar-refractivity contribution in [2.75, 3.05) is 18.2 Å². The summed E-state index contributed by atoms with van der Waals surface area (Å²) in [6.45, 7) is 2.08. The van der Waals surface area contributed by atoms with Gasteiger partial charge in [0, 0.05) is 22.5 Å². The Balaban J connectivity index is 1.68. The molecule has 0 saturated heterocycles. The van der Waals surface area contributed by atoms with E-state index in [1.807, 2.05) is 36.4 Å². The number of aromatic nitrogens is 2. The molecule has 0 radical (unpaired) electrons. The number of aryl methyl sites for hydroxylation is 1. The van der Waals surface area contributed by atoms with Gasteiger partial charge in [-0.1, -0.05) is 0 Å². The van der Waals surface area contributed by atoms with Gasteiger partial charge in [0.05, 0.1) is 24.5 Å². The van der Waals surface area contributed by atoms with Crippen molar-refractivity contribution >= 4 is 28.0 Å². The van der Waals surface area contributed by atoms with Crippen LogP contribution in [0.25, 0.3) is 16.7 Å². The smallest absolute Gasteiger partial charge is 0.137 e. The highest BCUT2D eigenvalue weighted by atomic mass is 16.5. The van der Waals surface area contributed by atoms with Gasteiger partial charge in [-0.05, 0) is 67.6 Å². The van der Waals surface area contributed by atoms with Gasteiger partial charge in [0.15, 0.2) is 0 Å². The predicted octanol–water partition coefficient (Wildman–Crippen LogP) is 4.67. The van der Waals surface area contributed by atoms with Crippen LogP contribution in [0, 0.1) is 6.92 Å². The van der Waals surface area contributed by atoms with E-state index in [1.165, 1.54) is 0 Å². The van der Waals surface area contributed by atoms with Gasteiger partial charge in [-0.2, -0.15) is 0 Å². The topological polar surface area (TPSA) is 65.1 Å². The van der Waals surface area contributed by atoms with Gasteiger partial charge in [-0.15, -0.1) is 0 Å². The van der Waals surface area contributed by atoms with Crippen molar-refractivity contribution < 1.29 is 4.74 Å². The third-order valence-corrected chi connectivity index (χ3v) is 4.36. The minimum atomic E-state index is 0.661. The number of ether oxygens (including phenoxy) is 1. The van der Waals surface area contributed by atoms with Crippen LogP contribution in [0.5, 0.6) is 5.75 Å². The molecule has 2 heterocycles. The Bertz CT molecular complexity index is 1050. The normalized spacial score (nSPS) is 10.8. The second-order valence-electron chi connectivity index (χ2n) is 6.20. The predicted molar refractivity (Wildman–Crippen MR) is 106 cm³/mol. The molecule has 3 N–H and O–H groups in total. The maximum absolute atomic E-state index is 5.75. The van der Waals surface area contributed by atoms with Gasteiger partial charge < -0.3 is 15.8 Å². The molecule has 4 rings (SSSR count). The minimum Gasteiger partial charge on any atom is -0.497 e. The zero-order valence-corrected chi connectivity index (χ0v) is 14.7. The van der Waals surface area contributed by atoms with E-state index >= 15 is 0 Å². The first-order chi connectivity index (χ1) is 12.6. The molecular formula is C21H20N4O. The SMILES string of the molecule is COc1ccc(Nc2ccc3c(c2)cc(C)n3-c2ccc(N)cn2)cc1. The van der Waals surface area contributed by atoms with E-state index in [-0.39, 0.29) is 0 Å². The van der Waals surface area contributed by atoms with Gasteiger partial charge in [0.1, 0.15) is 11.6 Å². The molecule has 5 nitrogen and oxygen atoms in total. The Morgan fingerprint density at radius 3 is 2.42 bits per heavy atom. The molecule has 2 aromatic heterocycles. The lowest BCUT2D eigenvalue weighted by Gasteiger charge is -2.10. The zero-order valence-electron chi connectivity index (χ0n) is 14.7.